The van der Waals surface area contributed by atoms with E-state index in [4.69, 9.17) is 4.74 Å². The number of nitrogens with zero attached hydrogens (tertiary/aromatic N) is 1. The highest BCUT2D eigenvalue weighted by Gasteiger charge is 2.20. The number of methoxy groups -OCH3 is 1. The molecule has 0 radical (unpaired) electrons. The molecule has 1 aliphatic heterocycles. The average molecular weight is 235 g/mol. The predicted octanol–water partition coefficient (Wildman–Crippen LogP) is 0.836. The van der Waals surface area contributed by atoms with E-state index >= 15 is 0 Å². The Kier molecular flexibility index (Phi) is 3.39. The third kappa shape index (κ3) is 2.45. The van der Waals surface area contributed by atoms with Crippen LogP contribution in [0, 0.1) is 0 Å². The molecule has 1 heterocycles. The highest BCUT2D eigenvalue weighted by molar-refractivity contribution is 5.97. The molecule has 1 amide bonds. The fourth-order valence-corrected chi connectivity index (χ4v) is 1.71. The van der Waals surface area contributed by atoms with Crippen molar-refractivity contribution in [3.8, 4) is 0 Å². The molecular weight excluding hydrogens is 222 g/mol. The third-order valence-electron chi connectivity index (χ3n) is 2.56. The van der Waals surface area contributed by atoms with Crippen LogP contribution in [0.5, 0.6) is 0 Å². The van der Waals surface area contributed by atoms with E-state index in [-0.39, 0.29) is 12.5 Å². The maximum atomic E-state index is 11.6. The topological polar surface area (TPSA) is 55.8 Å². The molecule has 90 valence electrons. The molecule has 1 saturated heterocycles. The van der Waals surface area contributed by atoms with E-state index in [2.05, 4.69) is 4.74 Å². The molecule has 0 saturated carbocycles. The summed E-state index contributed by atoms with van der Waals surface area (Å²) in [6.07, 6.45) is 0. The quantitative estimate of drug-likeness (QED) is 0.713. The van der Waals surface area contributed by atoms with Crippen molar-refractivity contribution in [3.63, 3.8) is 0 Å². The first-order chi connectivity index (χ1) is 8.22. The van der Waals surface area contributed by atoms with Gasteiger partial charge in [0, 0.05) is 12.2 Å². The lowest BCUT2D eigenvalue weighted by Gasteiger charge is -2.27. The molecule has 1 aromatic rings. The molecule has 17 heavy (non-hydrogen) atoms. The average Bonchev–Trinajstić information content (AvgIpc) is 2.38. The van der Waals surface area contributed by atoms with Crippen LogP contribution in [0.15, 0.2) is 24.3 Å². The zero-order chi connectivity index (χ0) is 12.3. The van der Waals surface area contributed by atoms with E-state index in [0.717, 1.165) is 0 Å². The molecule has 1 aromatic carbocycles. The minimum atomic E-state index is -0.410. The van der Waals surface area contributed by atoms with Gasteiger partial charge in [-0.3, -0.25) is 4.79 Å². The van der Waals surface area contributed by atoms with E-state index in [9.17, 15) is 9.59 Å². The molecule has 5 nitrogen and oxygen atoms in total. The molecule has 1 aliphatic rings. The van der Waals surface area contributed by atoms with Gasteiger partial charge in [-0.15, -0.1) is 0 Å². The fourth-order valence-electron chi connectivity index (χ4n) is 1.71. The summed E-state index contributed by atoms with van der Waals surface area (Å²) in [5.41, 5.74) is 1.13. The van der Waals surface area contributed by atoms with Gasteiger partial charge in [-0.05, 0) is 18.2 Å². The van der Waals surface area contributed by atoms with Crippen LogP contribution in [0.1, 0.15) is 10.4 Å². The minimum absolute atomic E-state index is 0.0858. The van der Waals surface area contributed by atoms with Crippen LogP contribution in [-0.2, 0) is 14.3 Å². The summed E-state index contributed by atoms with van der Waals surface area (Å²) in [6.45, 7) is 1.10. The number of esters is 1. The van der Waals surface area contributed by atoms with Gasteiger partial charge >= 0.3 is 5.97 Å². The van der Waals surface area contributed by atoms with Gasteiger partial charge in [0.2, 0.25) is 0 Å². The van der Waals surface area contributed by atoms with Gasteiger partial charge in [-0.2, -0.15) is 0 Å². The monoisotopic (exact) mass is 235 g/mol. The van der Waals surface area contributed by atoms with Crippen LogP contribution >= 0.6 is 0 Å². The molecule has 0 aliphatic carbocycles. The van der Waals surface area contributed by atoms with Crippen LogP contribution in [0.2, 0.25) is 0 Å². The van der Waals surface area contributed by atoms with E-state index in [0.29, 0.717) is 24.4 Å². The first kappa shape index (κ1) is 11.6. The smallest absolute Gasteiger partial charge is 0.337 e. The van der Waals surface area contributed by atoms with Crippen molar-refractivity contribution in [3.05, 3.63) is 29.8 Å². The fraction of sp³-hybridized carbons (Fsp3) is 0.333. The number of amides is 1. The Balaban J connectivity index is 2.26. The Morgan fingerprint density at radius 3 is 3.00 bits per heavy atom. The first-order valence-electron chi connectivity index (χ1n) is 5.29. The molecule has 0 atom stereocenters. The van der Waals surface area contributed by atoms with Gasteiger partial charge in [0.1, 0.15) is 6.61 Å². The van der Waals surface area contributed by atoms with Crippen LogP contribution < -0.4 is 4.90 Å². The highest BCUT2D eigenvalue weighted by Crippen LogP contribution is 2.18. The van der Waals surface area contributed by atoms with Gasteiger partial charge in [-0.1, -0.05) is 6.07 Å². The second-order valence-corrected chi connectivity index (χ2v) is 3.64. The summed E-state index contributed by atoms with van der Waals surface area (Å²) in [5.74, 6) is -0.508. The third-order valence-corrected chi connectivity index (χ3v) is 2.56. The van der Waals surface area contributed by atoms with E-state index < -0.39 is 5.97 Å². The summed E-state index contributed by atoms with van der Waals surface area (Å²) >= 11 is 0. The SMILES string of the molecule is COC(=O)c1cccc(N2CCOCC2=O)c1. The van der Waals surface area contributed by atoms with Crippen molar-refractivity contribution in [1.29, 1.82) is 0 Å². The second kappa shape index (κ2) is 4.97. The number of benzene rings is 1. The summed E-state index contributed by atoms with van der Waals surface area (Å²) in [6, 6.07) is 6.81. The van der Waals surface area contributed by atoms with Crippen molar-refractivity contribution in [2.45, 2.75) is 0 Å². The Hall–Kier alpha value is -1.88. The Labute approximate surface area is 98.9 Å². The van der Waals surface area contributed by atoms with Gasteiger partial charge in [-0.25, -0.2) is 4.79 Å². The Morgan fingerprint density at radius 2 is 2.29 bits per heavy atom. The number of ether oxygens (including phenoxy) is 2. The number of anilines is 1. The zero-order valence-electron chi connectivity index (χ0n) is 9.51. The molecule has 1 fully saturated rings. The molecule has 0 N–H and O–H groups in total. The van der Waals surface area contributed by atoms with E-state index in [1.165, 1.54) is 7.11 Å². The van der Waals surface area contributed by atoms with Crippen molar-refractivity contribution >= 4 is 17.6 Å². The maximum Gasteiger partial charge on any atom is 0.337 e. The number of morpholine rings is 1. The number of hydrogen-bond acceptors (Lipinski definition) is 4. The molecular formula is C12H13NO4. The van der Waals surface area contributed by atoms with E-state index in [1.807, 2.05) is 0 Å². The highest BCUT2D eigenvalue weighted by atomic mass is 16.5. The van der Waals surface area contributed by atoms with Crippen molar-refractivity contribution in [2.24, 2.45) is 0 Å². The lowest BCUT2D eigenvalue weighted by atomic mass is 10.2. The molecule has 2 rings (SSSR count). The number of hydrogen-bond donors (Lipinski definition) is 0. The maximum absolute atomic E-state index is 11.6. The first-order valence-corrected chi connectivity index (χ1v) is 5.29. The summed E-state index contributed by atoms with van der Waals surface area (Å²) in [5, 5.41) is 0. The molecule has 0 spiro atoms. The molecule has 0 aromatic heterocycles. The Bertz CT molecular complexity index is 444. The predicted molar refractivity (Wildman–Crippen MR) is 61.0 cm³/mol. The zero-order valence-corrected chi connectivity index (χ0v) is 9.51. The van der Waals surface area contributed by atoms with Crippen LogP contribution in [-0.4, -0.2) is 38.7 Å². The normalized spacial score (nSPS) is 15.8. The number of rotatable bonds is 2. The lowest BCUT2D eigenvalue weighted by molar-refractivity contribution is -0.125. The summed E-state index contributed by atoms with van der Waals surface area (Å²) in [4.78, 5) is 24.6. The lowest BCUT2D eigenvalue weighted by Crippen LogP contribution is -2.41. The molecule has 0 bridgehead atoms. The molecule has 5 heteroatoms. The largest absolute Gasteiger partial charge is 0.465 e. The standard InChI is InChI=1S/C12H13NO4/c1-16-12(15)9-3-2-4-10(7-9)13-5-6-17-8-11(13)14/h2-4,7H,5-6,8H2,1H3. The van der Waals surface area contributed by atoms with Crippen molar-refractivity contribution < 1.29 is 19.1 Å². The van der Waals surface area contributed by atoms with Crippen LogP contribution in [0.4, 0.5) is 5.69 Å². The molecule has 0 unspecified atom stereocenters. The van der Waals surface area contributed by atoms with Gasteiger partial charge < -0.3 is 14.4 Å². The number of carbonyl (C=O) groups is 2. The van der Waals surface area contributed by atoms with E-state index in [1.54, 1.807) is 29.2 Å². The number of carbonyl (C=O) groups excluding carboxylic acids is 2. The van der Waals surface area contributed by atoms with Gasteiger partial charge in [0.05, 0.1) is 19.3 Å². The van der Waals surface area contributed by atoms with Gasteiger partial charge in [0.15, 0.2) is 0 Å². The van der Waals surface area contributed by atoms with Crippen molar-refractivity contribution in [2.75, 3.05) is 31.8 Å². The second-order valence-electron chi connectivity index (χ2n) is 3.64. The van der Waals surface area contributed by atoms with Crippen LogP contribution in [0.3, 0.4) is 0 Å². The van der Waals surface area contributed by atoms with Crippen LogP contribution in [0.25, 0.3) is 0 Å². The van der Waals surface area contributed by atoms with Gasteiger partial charge in [0.25, 0.3) is 5.91 Å². The summed E-state index contributed by atoms with van der Waals surface area (Å²) in [7, 11) is 1.33. The van der Waals surface area contributed by atoms with Crippen molar-refractivity contribution in [1.82, 2.24) is 0 Å². The summed E-state index contributed by atoms with van der Waals surface area (Å²) < 4.78 is 9.69. The Morgan fingerprint density at radius 1 is 1.47 bits per heavy atom. The minimum Gasteiger partial charge on any atom is -0.465 e.